The monoisotopic (exact) mass is 222 g/mol. The summed E-state index contributed by atoms with van der Waals surface area (Å²) in [5.74, 6) is 2.82. The van der Waals surface area contributed by atoms with Crippen molar-refractivity contribution in [1.29, 1.82) is 0 Å². The highest BCUT2D eigenvalue weighted by molar-refractivity contribution is 5.32. The number of ether oxygens (including phenoxy) is 1. The predicted octanol–water partition coefficient (Wildman–Crippen LogP) is 4.72. The molecule has 0 saturated carbocycles. The van der Waals surface area contributed by atoms with Crippen molar-refractivity contribution in [3.8, 4) is 12.0 Å². The third-order valence-corrected chi connectivity index (χ3v) is 1.07. The summed E-state index contributed by atoms with van der Waals surface area (Å²) in [5, 5.41) is 0. The Hall–Kier alpha value is -1.42. The lowest BCUT2D eigenvalue weighted by molar-refractivity contribution is 0.372. The molecule has 0 fully saturated rings. The van der Waals surface area contributed by atoms with Gasteiger partial charge in [0.05, 0.1) is 7.11 Å². The van der Waals surface area contributed by atoms with Crippen LogP contribution in [0.25, 0.3) is 0 Å². The van der Waals surface area contributed by atoms with Crippen LogP contribution in [0.1, 0.15) is 47.1 Å². The molecule has 0 radical (unpaired) electrons. The Morgan fingerprint density at radius 2 is 1.25 bits per heavy atom. The van der Waals surface area contributed by atoms with E-state index in [9.17, 15) is 0 Å². The molecular weight excluding hydrogens is 196 g/mol. The van der Waals surface area contributed by atoms with Crippen molar-refractivity contribution < 1.29 is 4.74 Å². The quantitative estimate of drug-likeness (QED) is 0.577. The van der Waals surface area contributed by atoms with Crippen LogP contribution in [0, 0.1) is 12.0 Å². The van der Waals surface area contributed by atoms with E-state index in [-0.39, 0.29) is 0 Å². The van der Waals surface area contributed by atoms with E-state index in [0.29, 0.717) is 0 Å². The van der Waals surface area contributed by atoms with Crippen LogP contribution in [-0.4, -0.2) is 7.11 Å². The Kier molecular flexibility index (Phi) is 29.3. The maximum absolute atomic E-state index is 4.58. The zero-order chi connectivity index (χ0) is 13.2. The van der Waals surface area contributed by atoms with Gasteiger partial charge in [0.2, 0.25) is 0 Å². The van der Waals surface area contributed by atoms with Crippen LogP contribution in [-0.2, 0) is 4.74 Å². The van der Waals surface area contributed by atoms with E-state index in [4.69, 9.17) is 0 Å². The van der Waals surface area contributed by atoms with Crippen LogP contribution in [0.5, 0.6) is 0 Å². The van der Waals surface area contributed by atoms with Crippen molar-refractivity contribution >= 4 is 0 Å². The molecule has 1 nitrogen and oxygen atoms in total. The highest BCUT2D eigenvalue weighted by Gasteiger charge is 1.79. The van der Waals surface area contributed by atoms with Gasteiger partial charge in [-0.2, -0.15) is 0 Å². The number of rotatable bonds is 0. The molecule has 0 N–H and O–H groups in total. The van der Waals surface area contributed by atoms with Gasteiger partial charge in [0.25, 0.3) is 0 Å². The molecule has 0 aromatic heterocycles. The van der Waals surface area contributed by atoms with Crippen LogP contribution in [0.3, 0.4) is 0 Å². The second-order valence-electron chi connectivity index (χ2n) is 1.80. The average Bonchev–Trinajstić information content (AvgIpc) is 2.44. The molecule has 0 atom stereocenters. The fraction of sp³-hybridized carbons (Fsp3) is 0.467. The van der Waals surface area contributed by atoms with Crippen LogP contribution >= 0.6 is 0 Å². The molecule has 0 saturated heterocycles. The van der Waals surface area contributed by atoms with Crippen molar-refractivity contribution in [2.75, 3.05) is 7.11 Å². The normalized spacial score (nSPS) is 5.94. The average molecular weight is 222 g/mol. The van der Waals surface area contributed by atoms with Gasteiger partial charge in [-0.3, -0.25) is 0 Å². The Morgan fingerprint density at radius 3 is 1.62 bits per heavy atom. The first-order valence-corrected chi connectivity index (χ1v) is 6.02. The Labute approximate surface area is 102 Å². The van der Waals surface area contributed by atoms with Gasteiger partial charge in [-0.1, -0.05) is 59.7 Å². The van der Waals surface area contributed by atoms with Crippen LogP contribution in [0.4, 0.5) is 0 Å². The SMILES string of the molecule is CC.CC.CC.COC#Cc1ccccc1. The zero-order valence-corrected chi connectivity index (χ0v) is 11.8. The minimum atomic E-state index is 0.976. The van der Waals surface area contributed by atoms with E-state index in [1.165, 1.54) is 0 Å². The van der Waals surface area contributed by atoms with Gasteiger partial charge >= 0.3 is 0 Å². The lowest BCUT2D eigenvalue weighted by Gasteiger charge is -1.84. The summed E-state index contributed by atoms with van der Waals surface area (Å²) in [7, 11) is 1.55. The number of benzene rings is 1. The van der Waals surface area contributed by atoms with E-state index < -0.39 is 0 Å². The Morgan fingerprint density at radius 1 is 0.812 bits per heavy atom. The summed E-state index contributed by atoms with van der Waals surface area (Å²) in [5.41, 5.74) is 0.976. The number of hydrogen-bond acceptors (Lipinski definition) is 1. The van der Waals surface area contributed by atoms with Crippen molar-refractivity contribution in [3.63, 3.8) is 0 Å². The van der Waals surface area contributed by atoms with Gasteiger partial charge in [0.1, 0.15) is 6.11 Å². The molecule has 0 aliphatic rings. The molecule has 92 valence electrons. The molecule has 0 spiro atoms. The molecule has 1 aromatic carbocycles. The van der Waals surface area contributed by atoms with Crippen LogP contribution in [0.2, 0.25) is 0 Å². The molecule has 0 aliphatic heterocycles. The summed E-state index contributed by atoms with van der Waals surface area (Å²) in [6.07, 6.45) is 2.51. The van der Waals surface area contributed by atoms with Gasteiger partial charge in [-0.25, -0.2) is 0 Å². The molecule has 16 heavy (non-hydrogen) atoms. The minimum absolute atomic E-state index is 0.976. The molecule has 1 heteroatoms. The van der Waals surface area contributed by atoms with Gasteiger partial charge in [0.15, 0.2) is 0 Å². The van der Waals surface area contributed by atoms with Crippen molar-refractivity contribution in [2.24, 2.45) is 0 Å². The second-order valence-corrected chi connectivity index (χ2v) is 1.80. The summed E-state index contributed by atoms with van der Waals surface area (Å²) in [6, 6.07) is 9.72. The molecule has 0 unspecified atom stereocenters. The molecule has 1 rings (SSSR count). The first kappa shape index (κ1) is 20.1. The maximum Gasteiger partial charge on any atom is 0.115 e. The summed E-state index contributed by atoms with van der Waals surface area (Å²) < 4.78 is 4.58. The van der Waals surface area contributed by atoms with Gasteiger partial charge in [-0.15, -0.1) is 0 Å². The highest BCUT2D eigenvalue weighted by Crippen LogP contribution is 1.93. The van der Waals surface area contributed by atoms with E-state index in [2.05, 4.69) is 16.8 Å². The molecule has 0 heterocycles. The fourth-order valence-corrected chi connectivity index (χ4v) is 0.631. The molecular formula is C15H26O. The van der Waals surface area contributed by atoms with Crippen molar-refractivity contribution in [1.82, 2.24) is 0 Å². The Balaban J connectivity index is -0.000000245. The first-order valence-electron chi connectivity index (χ1n) is 6.02. The minimum Gasteiger partial charge on any atom is -0.450 e. The van der Waals surface area contributed by atoms with Crippen molar-refractivity contribution in [3.05, 3.63) is 35.9 Å². The zero-order valence-electron chi connectivity index (χ0n) is 11.8. The molecule has 0 bridgehead atoms. The van der Waals surface area contributed by atoms with E-state index >= 15 is 0 Å². The third kappa shape index (κ3) is 15.1. The summed E-state index contributed by atoms with van der Waals surface area (Å²) >= 11 is 0. The van der Waals surface area contributed by atoms with Gasteiger partial charge in [0, 0.05) is 5.56 Å². The lowest BCUT2D eigenvalue weighted by Crippen LogP contribution is -1.71. The fourth-order valence-electron chi connectivity index (χ4n) is 0.631. The smallest absolute Gasteiger partial charge is 0.115 e. The van der Waals surface area contributed by atoms with Gasteiger partial charge in [-0.05, 0) is 18.1 Å². The lowest BCUT2D eigenvalue weighted by atomic mass is 10.2. The maximum atomic E-state index is 4.58. The third-order valence-electron chi connectivity index (χ3n) is 1.07. The van der Waals surface area contributed by atoms with Crippen molar-refractivity contribution in [2.45, 2.75) is 41.5 Å². The Bertz CT molecular complexity index is 241. The van der Waals surface area contributed by atoms with Gasteiger partial charge < -0.3 is 4.74 Å². The molecule has 0 amide bonds. The molecule has 0 aliphatic carbocycles. The van der Waals surface area contributed by atoms with Crippen LogP contribution in [0.15, 0.2) is 30.3 Å². The highest BCUT2D eigenvalue weighted by atomic mass is 16.5. The standard InChI is InChI=1S/C9H8O.3C2H6/c1-10-8-7-9-5-3-2-4-6-9;3*1-2/h2-6H,1H3;3*1-2H3. The topological polar surface area (TPSA) is 9.23 Å². The summed E-state index contributed by atoms with van der Waals surface area (Å²) in [6.45, 7) is 12.0. The van der Waals surface area contributed by atoms with E-state index in [0.717, 1.165) is 5.56 Å². The predicted molar refractivity (Wildman–Crippen MR) is 74.4 cm³/mol. The molecule has 1 aromatic rings. The second kappa shape index (κ2) is 23.4. The number of methoxy groups -OCH3 is 1. The first-order chi connectivity index (χ1) is 7.93. The van der Waals surface area contributed by atoms with E-state index in [1.807, 2.05) is 71.9 Å². The largest absolute Gasteiger partial charge is 0.450 e. The number of hydrogen-bond donors (Lipinski definition) is 0. The summed E-state index contributed by atoms with van der Waals surface area (Å²) in [4.78, 5) is 0. The van der Waals surface area contributed by atoms with E-state index in [1.54, 1.807) is 7.11 Å². The van der Waals surface area contributed by atoms with Crippen LogP contribution < -0.4 is 0 Å².